The quantitative estimate of drug-likeness (QED) is 0.552. The van der Waals surface area contributed by atoms with Crippen molar-refractivity contribution in [3.05, 3.63) is 33.9 Å². The number of hydrogen-bond acceptors (Lipinski definition) is 5. The van der Waals surface area contributed by atoms with Crippen molar-refractivity contribution in [1.29, 1.82) is 0 Å². The van der Waals surface area contributed by atoms with Crippen LogP contribution in [0.5, 0.6) is 0 Å². The number of fused-ring (bicyclic) bond motifs is 4. The Morgan fingerprint density at radius 1 is 0.781 bits per heavy atom. The molecule has 3 heterocycles. The van der Waals surface area contributed by atoms with E-state index in [9.17, 15) is 9.59 Å². The van der Waals surface area contributed by atoms with E-state index in [1.165, 1.54) is 0 Å². The van der Waals surface area contributed by atoms with E-state index >= 15 is 0 Å². The van der Waals surface area contributed by atoms with Gasteiger partial charge in [-0.1, -0.05) is 6.08 Å². The highest BCUT2D eigenvalue weighted by molar-refractivity contribution is 6.32. The smallest absolute Gasteiger partial charge is 0.179 e. The van der Waals surface area contributed by atoms with Gasteiger partial charge in [-0.25, -0.2) is 0 Å². The van der Waals surface area contributed by atoms with E-state index < -0.39 is 27.4 Å². The first-order valence-electron chi connectivity index (χ1n) is 11.5. The molecule has 0 aromatic carbocycles. The normalized spacial score (nSPS) is 36.1. The summed E-state index contributed by atoms with van der Waals surface area (Å²) < 4.78 is 0. The van der Waals surface area contributed by atoms with Crippen LogP contribution in [0.3, 0.4) is 0 Å². The third-order valence-electron chi connectivity index (χ3n) is 8.29. The number of carbonyl (C=O) groups excluding carboxylic acids is 2. The van der Waals surface area contributed by atoms with Crippen LogP contribution in [0.4, 0.5) is 0 Å². The molecular formula is C27H33N3O2. The topological polar surface area (TPSA) is 71.2 Å². The van der Waals surface area contributed by atoms with Crippen molar-refractivity contribution in [2.24, 2.45) is 25.8 Å². The average Bonchev–Trinajstić information content (AvgIpc) is 3.12. The largest absolute Gasteiger partial charge is 0.296 e. The average molecular weight is 432 g/mol. The van der Waals surface area contributed by atoms with Gasteiger partial charge in [-0.05, 0) is 91.5 Å². The van der Waals surface area contributed by atoms with Gasteiger partial charge in [0.1, 0.15) is 16.5 Å². The van der Waals surface area contributed by atoms with Crippen molar-refractivity contribution >= 4 is 28.7 Å². The molecule has 2 unspecified atom stereocenters. The monoisotopic (exact) mass is 431 g/mol. The van der Waals surface area contributed by atoms with E-state index in [1.807, 2.05) is 41.5 Å². The van der Waals surface area contributed by atoms with Gasteiger partial charge in [0.2, 0.25) is 0 Å². The molecular weight excluding hydrogens is 398 g/mol. The van der Waals surface area contributed by atoms with Crippen molar-refractivity contribution in [1.82, 2.24) is 0 Å². The Morgan fingerprint density at radius 2 is 1.38 bits per heavy atom. The molecule has 5 nitrogen and oxygen atoms in total. The molecule has 1 spiro atoms. The lowest BCUT2D eigenvalue weighted by Crippen LogP contribution is -2.49. The molecule has 0 bridgehead atoms. The summed E-state index contributed by atoms with van der Waals surface area (Å²) in [6.45, 7) is 19.9. The van der Waals surface area contributed by atoms with Crippen molar-refractivity contribution in [2.45, 2.75) is 92.3 Å². The van der Waals surface area contributed by atoms with Gasteiger partial charge in [0, 0.05) is 23.4 Å². The maximum Gasteiger partial charge on any atom is 0.179 e. The van der Waals surface area contributed by atoms with E-state index in [1.54, 1.807) is 0 Å². The van der Waals surface area contributed by atoms with E-state index in [0.717, 1.165) is 45.0 Å². The summed E-state index contributed by atoms with van der Waals surface area (Å²) in [5.74, 6) is 0.283. The summed E-state index contributed by atoms with van der Waals surface area (Å²) >= 11 is 0. The Morgan fingerprint density at radius 3 is 1.94 bits per heavy atom. The fourth-order valence-electron chi connectivity index (χ4n) is 7.22. The molecule has 32 heavy (non-hydrogen) atoms. The molecule has 3 aliphatic heterocycles. The first-order chi connectivity index (χ1) is 14.5. The fourth-order valence-corrected chi connectivity index (χ4v) is 7.22. The second-order valence-electron chi connectivity index (χ2n) is 11.9. The van der Waals surface area contributed by atoms with E-state index in [0.29, 0.717) is 6.42 Å². The first-order valence-corrected chi connectivity index (χ1v) is 11.5. The molecule has 5 rings (SSSR count). The number of aliphatic imine (C=N–C) groups is 3. The number of ketones is 2. The summed E-state index contributed by atoms with van der Waals surface area (Å²) in [6, 6.07) is 0. The maximum atomic E-state index is 13.9. The van der Waals surface area contributed by atoms with Crippen LogP contribution in [-0.2, 0) is 9.59 Å². The molecule has 0 N–H and O–H groups in total. The highest BCUT2D eigenvalue weighted by Gasteiger charge is 2.64. The van der Waals surface area contributed by atoms with Gasteiger partial charge in [-0.15, -0.1) is 0 Å². The Labute approximate surface area is 190 Å². The Hall–Kier alpha value is -2.43. The van der Waals surface area contributed by atoms with Gasteiger partial charge in [0.25, 0.3) is 0 Å². The van der Waals surface area contributed by atoms with Gasteiger partial charge < -0.3 is 0 Å². The number of hydrogen-bond donors (Lipinski definition) is 0. The Bertz CT molecular complexity index is 1250. The predicted octanol–water partition coefficient (Wildman–Crippen LogP) is 4.81. The molecule has 0 saturated heterocycles. The molecule has 0 fully saturated rings. The van der Waals surface area contributed by atoms with Crippen molar-refractivity contribution in [3.8, 4) is 0 Å². The van der Waals surface area contributed by atoms with Crippen LogP contribution in [0.15, 0.2) is 48.9 Å². The SMILES string of the molecule is CC1=CC2=C(C(C)(C)N=C3CC4(C)C(=O)C(C)(C)N=C4C(C)=C32)C12C(=O)C(C)(C)N=C2C. The van der Waals surface area contributed by atoms with Crippen molar-refractivity contribution in [2.75, 3.05) is 0 Å². The van der Waals surface area contributed by atoms with Gasteiger partial charge >= 0.3 is 0 Å². The minimum atomic E-state index is -0.835. The van der Waals surface area contributed by atoms with Crippen molar-refractivity contribution < 1.29 is 9.59 Å². The van der Waals surface area contributed by atoms with Gasteiger partial charge in [-0.3, -0.25) is 24.6 Å². The minimum absolute atomic E-state index is 0.126. The molecule has 0 radical (unpaired) electrons. The fraction of sp³-hybridized carbons (Fsp3) is 0.593. The van der Waals surface area contributed by atoms with E-state index in [2.05, 4.69) is 33.8 Å². The summed E-state index contributed by atoms with van der Waals surface area (Å²) in [5.41, 5.74) is 4.32. The third-order valence-corrected chi connectivity index (χ3v) is 8.29. The molecule has 2 atom stereocenters. The van der Waals surface area contributed by atoms with Gasteiger partial charge in [0.05, 0.1) is 16.7 Å². The summed E-state index contributed by atoms with van der Waals surface area (Å²) in [7, 11) is 0. The molecule has 5 aliphatic rings. The summed E-state index contributed by atoms with van der Waals surface area (Å²) in [4.78, 5) is 42.2. The van der Waals surface area contributed by atoms with Gasteiger partial charge in [-0.2, -0.15) is 0 Å². The molecule has 168 valence electrons. The minimum Gasteiger partial charge on any atom is -0.296 e. The second-order valence-corrected chi connectivity index (χ2v) is 11.9. The Kier molecular flexibility index (Phi) is 3.71. The zero-order chi connectivity index (χ0) is 23.8. The predicted molar refractivity (Wildman–Crippen MR) is 129 cm³/mol. The van der Waals surface area contributed by atoms with Crippen LogP contribution >= 0.6 is 0 Å². The number of nitrogens with zero attached hydrogens (tertiary/aromatic N) is 3. The number of rotatable bonds is 0. The zero-order valence-corrected chi connectivity index (χ0v) is 20.9. The lowest BCUT2D eigenvalue weighted by Gasteiger charge is -2.43. The van der Waals surface area contributed by atoms with Crippen LogP contribution in [0, 0.1) is 10.8 Å². The van der Waals surface area contributed by atoms with E-state index in [4.69, 9.17) is 15.0 Å². The van der Waals surface area contributed by atoms with Crippen LogP contribution in [0.2, 0.25) is 0 Å². The number of allylic oxidation sites excluding steroid dienone is 5. The third kappa shape index (κ3) is 2.13. The zero-order valence-electron chi connectivity index (χ0n) is 20.9. The van der Waals surface area contributed by atoms with Crippen LogP contribution in [0.1, 0.15) is 75.7 Å². The maximum absolute atomic E-state index is 13.9. The molecule has 5 heteroatoms. The van der Waals surface area contributed by atoms with Crippen molar-refractivity contribution in [3.63, 3.8) is 0 Å². The number of dihydropyridines is 1. The summed E-state index contributed by atoms with van der Waals surface area (Å²) in [6.07, 6.45) is 2.72. The first kappa shape index (κ1) is 21.4. The summed E-state index contributed by atoms with van der Waals surface area (Å²) in [5, 5.41) is 0. The van der Waals surface area contributed by atoms with Crippen LogP contribution in [-0.4, -0.2) is 45.3 Å². The van der Waals surface area contributed by atoms with Crippen LogP contribution < -0.4 is 0 Å². The molecule has 0 aromatic rings. The lowest BCUT2D eigenvalue weighted by atomic mass is 9.60. The molecule has 0 saturated carbocycles. The lowest BCUT2D eigenvalue weighted by molar-refractivity contribution is -0.127. The second kappa shape index (κ2) is 5.55. The molecule has 2 aliphatic carbocycles. The van der Waals surface area contributed by atoms with Gasteiger partial charge in [0.15, 0.2) is 11.6 Å². The highest BCUT2D eigenvalue weighted by atomic mass is 16.1. The Balaban J connectivity index is 1.83. The molecule has 0 aromatic heterocycles. The highest BCUT2D eigenvalue weighted by Crippen LogP contribution is 2.60. The van der Waals surface area contributed by atoms with Crippen LogP contribution in [0.25, 0.3) is 0 Å². The molecule has 0 amide bonds. The number of carbonyl (C=O) groups is 2. The number of Topliss-reactive ketones (excluding diaryl/α,β-unsaturated/α-hetero) is 2. The van der Waals surface area contributed by atoms with E-state index in [-0.39, 0.29) is 11.6 Å². The standard InChI is InChI=1S/C27H33N3O2/c1-13-11-16-18-14(2)20-26(10,21(31)24(6,7)30-20)12-17(18)29-23(4,5)19(16)27(13)15(3)28-25(8,9)22(27)32/h11H,12H2,1-10H3.